The van der Waals surface area contributed by atoms with Crippen LogP contribution in [0.1, 0.15) is 11.3 Å². The minimum absolute atomic E-state index is 0.0169. The highest BCUT2D eigenvalue weighted by atomic mass is 35.5. The summed E-state index contributed by atoms with van der Waals surface area (Å²) in [4.78, 5) is 29.0. The number of non-ortho nitro benzene ring substituents is 1. The molecular weight excluding hydrogens is 379 g/mol. The van der Waals surface area contributed by atoms with Gasteiger partial charge in [0.1, 0.15) is 5.65 Å². The van der Waals surface area contributed by atoms with Crippen LogP contribution in [0.2, 0.25) is 10.0 Å². The Morgan fingerprint density at radius 2 is 1.96 bits per heavy atom. The molecule has 7 nitrogen and oxygen atoms in total. The van der Waals surface area contributed by atoms with Gasteiger partial charge in [-0.3, -0.25) is 24.2 Å². The molecule has 134 valence electrons. The molecule has 0 unspecified atom stereocenters. The third-order valence-electron chi connectivity index (χ3n) is 3.79. The van der Waals surface area contributed by atoms with Gasteiger partial charge in [0.25, 0.3) is 11.2 Å². The molecule has 26 heavy (non-hydrogen) atoms. The van der Waals surface area contributed by atoms with Crippen molar-refractivity contribution in [3.05, 3.63) is 84.4 Å². The number of hydrogen-bond acceptors (Lipinski definition) is 5. The summed E-state index contributed by atoms with van der Waals surface area (Å²) in [5.74, 6) is 0. The number of nitro groups is 1. The van der Waals surface area contributed by atoms with Crippen molar-refractivity contribution in [3.8, 4) is 0 Å². The van der Waals surface area contributed by atoms with E-state index in [0.717, 1.165) is 0 Å². The fourth-order valence-electron chi connectivity index (χ4n) is 2.63. The molecule has 0 saturated carbocycles. The van der Waals surface area contributed by atoms with Crippen LogP contribution in [0.3, 0.4) is 0 Å². The second kappa shape index (κ2) is 7.41. The Labute approximate surface area is 158 Å². The van der Waals surface area contributed by atoms with Crippen LogP contribution < -0.4 is 5.56 Å². The Hall–Kier alpha value is -2.48. The lowest BCUT2D eigenvalue weighted by molar-refractivity contribution is -0.384. The zero-order valence-electron chi connectivity index (χ0n) is 13.7. The number of hydrogen-bond donors (Lipinski definition) is 0. The summed E-state index contributed by atoms with van der Waals surface area (Å²) in [6.45, 7) is 0.759. The molecule has 1 aromatic carbocycles. The SMILES string of the molecule is CN(Cc1cc(=O)n2cc(Cl)ccc2n1)Cc1cc([N+](=O)[O-])ccc1Cl. The molecule has 3 rings (SSSR count). The predicted octanol–water partition coefficient (Wildman–Crippen LogP) is 3.54. The van der Waals surface area contributed by atoms with Crippen LogP contribution in [-0.4, -0.2) is 26.3 Å². The normalized spacial score (nSPS) is 11.2. The fourth-order valence-corrected chi connectivity index (χ4v) is 2.96. The maximum atomic E-state index is 12.2. The standard InChI is InChI=1S/C17H14Cl2N4O3/c1-21(8-11-6-14(23(25)26)3-4-15(11)19)10-13-7-17(24)22-9-12(18)2-5-16(22)20-13/h2-7,9H,8,10H2,1H3. The Morgan fingerprint density at radius 3 is 2.69 bits per heavy atom. The van der Waals surface area contributed by atoms with Crippen molar-refractivity contribution < 1.29 is 4.92 Å². The number of benzene rings is 1. The van der Waals surface area contributed by atoms with E-state index in [1.165, 1.54) is 34.9 Å². The van der Waals surface area contributed by atoms with E-state index < -0.39 is 4.92 Å². The fraction of sp³-hybridized carbons (Fsp3) is 0.176. The van der Waals surface area contributed by atoms with E-state index in [9.17, 15) is 14.9 Å². The van der Waals surface area contributed by atoms with Gasteiger partial charge in [0, 0.05) is 42.5 Å². The number of nitrogens with zero attached hydrogens (tertiary/aromatic N) is 4. The molecule has 9 heteroatoms. The first-order valence-electron chi connectivity index (χ1n) is 7.62. The Kier molecular flexibility index (Phi) is 5.22. The number of nitro benzene ring substituents is 1. The number of aromatic nitrogens is 2. The molecular formula is C17H14Cl2N4O3. The molecule has 0 aliphatic carbocycles. The van der Waals surface area contributed by atoms with Crippen molar-refractivity contribution >= 4 is 34.5 Å². The molecule has 0 saturated heterocycles. The lowest BCUT2D eigenvalue weighted by atomic mass is 10.2. The molecule has 0 amide bonds. The van der Waals surface area contributed by atoms with E-state index in [1.54, 1.807) is 12.1 Å². The average Bonchev–Trinajstić information content (AvgIpc) is 2.57. The van der Waals surface area contributed by atoms with Crippen molar-refractivity contribution in [1.29, 1.82) is 0 Å². The van der Waals surface area contributed by atoms with Crippen LogP contribution in [0, 0.1) is 10.1 Å². The monoisotopic (exact) mass is 392 g/mol. The molecule has 2 heterocycles. The van der Waals surface area contributed by atoms with Gasteiger partial charge in [-0.05, 0) is 30.8 Å². The first-order valence-corrected chi connectivity index (χ1v) is 8.38. The largest absolute Gasteiger partial charge is 0.296 e. The van der Waals surface area contributed by atoms with Crippen LogP contribution in [0.15, 0.2) is 47.4 Å². The van der Waals surface area contributed by atoms with Gasteiger partial charge in [0.2, 0.25) is 0 Å². The maximum Gasteiger partial charge on any atom is 0.269 e. The second-order valence-electron chi connectivity index (χ2n) is 5.87. The first-order chi connectivity index (χ1) is 12.3. The smallest absolute Gasteiger partial charge is 0.269 e. The van der Waals surface area contributed by atoms with Crippen LogP contribution in [0.5, 0.6) is 0 Å². The molecule has 0 atom stereocenters. The van der Waals surface area contributed by atoms with Crippen molar-refractivity contribution in [2.75, 3.05) is 7.05 Å². The van der Waals surface area contributed by atoms with Crippen LogP contribution in [0.4, 0.5) is 5.69 Å². The average molecular weight is 393 g/mol. The molecule has 3 aromatic rings. The maximum absolute atomic E-state index is 12.2. The Morgan fingerprint density at radius 1 is 1.19 bits per heavy atom. The summed E-state index contributed by atoms with van der Waals surface area (Å²) in [5, 5.41) is 11.8. The minimum atomic E-state index is -0.462. The van der Waals surface area contributed by atoms with E-state index in [2.05, 4.69) is 4.98 Å². The molecule has 0 aliphatic heterocycles. The van der Waals surface area contributed by atoms with Gasteiger partial charge in [-0.1, -0.05) is 23.2 Å². The van der Waals surface area contributed by atoms with Crippen LogP contribution in [-0.2, 0) is 13.1 Å². The lowest BCUT2D eigenvalue weighted by Crippen LogP contribution is -2.22. The van der Waals surface area contributed by atoms with E-state index in [0.29, 0.717) is 40.0 Å². The number of rotatable bonds is 5. The first kappa shape index (κ1) is 18.3. The topological polar surface area (TPSA) is 80.8 Å². The van der Waals surface area contributed by atoms with Gasteiger partial charge in [-0.25, -0.2) is 4.98 Å². The van der Waals surface area contributed by atoms with Gasteiger partial charge < -0.3 is 0 Å². The van der Waals surface area contributed by atoms with E-state index in [1.807, 2.05) is 11.9 Å². The third-order valence-corrected chi connectivity index (χ3v) is 4.38. The van der Waals surface area contributed by atoms with Gasteiger partial charge >= 0.3 is 0 Å². The molecule has 2 aromatic heterocycles. The summed E-state index contributed by atoms with van der Waals surface area (Å²) in [6, 6.07) is 9.10. The molecule has 0 N–H and O–H groups in total. The van der Waals surface area contributed by atoms with Crippen molar-refractivity contribution in [1.82, 2.24) is 14.3 Å². The number of pyridine rings is 1. The van der Waals surface area contributed by atoms with Gasteiger partial charge in [-0.15, -0.1) is 0 Å². The van der Waals surface area contributed by atoms with E-state index >= 15 is 0 Å². The van der Waals surface area contributed by atoms with Crippen molar-refractivity contribution in [2.24, 2.45) is 0 Å². The zero-order valence-corrected chi connectivity index (χ0v) is 15.2. The molecule has 0 spiro atoms. The van der Waals surface area contributed by atoms with Gasteiger partial charge in [0.15, 0.2) is 0 Å². The summed E-state index contributed by atoms with van der Waals surface area (Å²) < 4.78 is 1.38. The second-order valence-corrected chi connectivity index (χ2v) is 6.71. The van der Waals surface area contributed by atoms with Crippen LogP contribution in [0.25, 0.3) is 5.65 Å². The zero-order chi connectivity index (χ0) is 18.8. The summed E-state index contributed by atoms with van der Waals surface area (Å²) >= 11 is 12.0. The van der Waals surface area contributed by atoms with Crippen molar-refractivity contribution in [3.63, 3.8) is 0 Å². The Balaban J connectivity index is 1.82. The van der Waals surface area contributed by atoms with Gasteiger partial charge in [0.05, 0.1) is 15.6 Å². The highest BCUT2D eigenvalue weighted by molar-refractivity contribution is 6.31. The number of halogens is 2. The van der Waals surface area contributed by atoms with E-state index in [4.69, 9.17) is 23.2 Å². The van der Waals surface area contributed by atoms with Gasteiger partial charge in [-0.2, -0.15) is 0 Å². The summed E-state index contributed by atoms with van der Waals surface area (Å²) in [6.07, 6.45) is 1.52. The molecule has 0 radical (unpaired) electrons. The quantitative estimate of drug-likeness (QED) is 0.489. The highest BCUT2D eigenvalue weighted by Crippen LogP contribution is 2.23. The Bertz CT molecular complexity index is 1050. The molecule has 0 aliphatic rings. The lowest BCUT2D eigenvalue weighted by Gasteiger charge is -2.17. The number of fused-ring (bicyclic) bond motifs is 1. The summed E-state index contributed by atoms with van der Waals surface area (Å²) in [7, 11) is 1.82. The molecule has 0 bridgehead atoms. The highest BCUT2D eigenvalue weighted by Gasteiger charge is 2.13. The van der Waals surface area contributed by atoms with E-state index in [-0.39, 0.29) is 11.2 Å². The minimum Gasteiger partial charge on any atom is -0.296 e. The van der Waals surface area contributed by atoms with Crippen molar-refractivity contribution in [2.45, 2.75) is 13.1 Å². The summed E-state index contributed by atoms with van der Waals surface area (Å²) in [5.41, 5.74) is 1.47. The predicted molar refractivity (Wildman–Crippen MR) is 99.7 cm³/mol. The third kappa shape index (κ3) is 4.01. The molecule has 0 fully saturated rings. The van der Waals surface area contributed by atoms with Crippen LogP contribution >= 0.6 is 23.2 Å².